The molecular weight excluding hydrogens is 310 g/mol. The van der Waals surface area contributed by atoms with Gasteiger partial charge in [0.1, 0.15) is 32.7 Å². The third-order valence-corrected chi connectivity index (χ3v) is 5.37. The minimum Gasteiger partial charge on any atom is -0.348 e. The lowest BCUT2D eigenvalue weighted by Crippen LogP contribution is -3.28. The van der Waals surface area contributed by atoms with Crippen molar-refractivity contribution in [2.24, 2.45) is 5.92 Å². The first kappa shape index (κ1) is 16.7. The van der Waals surface area contributed by atoms with Gasteiger partial charge in [-0.15, -0.1) is 0 Å². The molecular formula is C18H28ClN3O+2. The first-order chi connectivity index (χ1) is 11.1. The quantitative estimate of drug-likeness (QED) is 0.645. The van der Waals surface area contributed by atoms with Crippen LogP contribution in [0.4, 0.5) is 0 Å². The molecule has 1 aromatic carbocycles. The maximum Gasteiger partial charge on any atom is 0.275 e. The number of amides is 1. The molecule has 1 aliphatic carbocycles. The molecule has 1 atom stereocenters. The Morgan fingerprint density at radius 1 is 1.26 bits per heavy atom. The first-order valence-corrected chi connectivity index (χ1v) is 9.19. The smallest absolute Gasteiger partial charge is 0.275 e. The molecule has 1 saturated heterocycles. The van der Waals surface area contributed by atoms with Crippen LogP contribution in [-0.2, 0) is 11.3 Å². The van der Waals surface area contributed by atoms with Crippen LogP contribution < -0.4 is 15.1 Å². The van der Waals surface area contributed by atoms with E-state index >= 15 is 0 Å². The molecule has 0 spiro atoms. The van der Waals surface area contributed by atoms with Crippen LogP contribution in [0.25, 0.3) is 0 Å². The molecule has 0 bridgehead atoms. The van der Waals surface area contributed by atoms with Gasteiger partial charge in [-0.3, -0.25) is 4.79 Å². The predicted molar refractivity (Wildman–Crippen MR) is 91.7 cm³/mol. The number of quaternary nitrogens is 2. The maximum atomic E-state index is 12.1. The van der Waals surface area contributed by atoms with Crippen LogP contribution in [0.2, 0.25) is 5.02 Å². The lowest BCUT2D eigenvalue weighted by Gasteiger charge is -2.29. The highest BCUT2D eigenvalue weighted by atomic mass is 35.5. The highest BCUT2D eigenvalue weighted by Gasteiger charge is 2.30. The van der Waals surface area contributed by atoms with Gasteiger partial charge in [-0.2, -0.15) is 0 Å². The van der Waals surface area contributed by atoms with E-state index in [4.69, 9.17) is 11.6 Å². The Kier molecular flexibility index (Phi) is 5.57. The number of carbonyl (C=O) groups is 1. The van der Waals surface area contributed by atoms with E-state index in [-0.39, 0.29) is 5.91 Å². The van der Waals surface area contributed by atoms with Crippen LogP contribution in [0.5, 0.6) is 0 Å². The van der Waals surface area contributed by atoms with Crippen LogP contribution in [0, 0.1) is 5.92 Å². The van der Waals surface area contributed by atoms with Crippen molar-refractivity contribution in [3.8, 4) is 0 Å². The largest absolute Gasteiger partial charge is 0.348 e. The third-order valence-electron chi connectivity index (χ3n) is 5.14. The summed E-state index contributed by atoms with van der Waals surface area (Å²) in [5, 5.41) is 3.98. The standard InChI is InChI=1S/C18H26ClN3O/c1-14(16-5-6-16)20-18(23)13-22-9-7-21(8-10-22)12-15-3-2-4-17(19)11-15/h2-4,11,14,16H,5-10,12-13H2,1H3,(H,20,23)/p+2/t14-/m0/s1. The summed E-state index contributed by atoms with van der Waals surface area (Å²) in [6.07, 6.45) is 2.56. The summed E-state index contributed by atoms with van der Waals surface area (Å²) in [6, 6.07) is 8.50. The summed E-state index contributed by atoms with van der Waals surface area (Å²) in [5.74, 6) is 0.950. The molecule has 1 saturated carbocycles. The van der Waals surface area contributed by atoms with E-state index < -0.39 is 0 Å². The zero-order valence-electron chi connectivity index (χ0n) is 13.9. The van der Waals surface area contributed by atoms with Crippen molar-refractivity contribution in [1.29, 1.82) is 0 Å². The molecule has 1 heterocycles. The summed E-state index contributed by atoms with van der Waals surface area (Å²) in [7, 11) is 0. The number of halogens is 1. The molecule has 2 fully saturated rings. The Bertz CT molecular complexity index is 539. The van der Waals surface area contributed by atoms with Gasteiger partial charge in [0.15, 0.2) is 6.54 Å². The van der Waals surface area contributed by atoms with Crippen LogP contribution in [0.15, 0.2) is 24.3 Å². The fraction of sp³-hybridized carbons (Fsp3) is 0.611. The Labute approximate surface area is 143 Å². The summed E-state index contributed by atoms with van der Waals surface area (Å²) in [4.78, 5) is 15.1. The van der Waals surface area contributed by atoms with Gasteiger partial charge < -0.3 is 15.1 Å². The maximum absolute atomic E-state index is 12.1. The number of piperazine rings is 1. The summed E-state index contributed by atoms with van der Waals surface area (Å²) >= 11 is 6.05. The fourth-order valence-corrected chi connectivity index (χ4v) is 3.71. The second-order valence-electron chi connectivity index (χ2n) is 7.18. The Hall–Kier alpha value is -1.10. The molecule has 4 nitrogen and oxygen atoms in total. The Morgan fingerprint density at radius 3 is 2.61 bits per heavy atom. The molecule has 0 unspecified atom stereocenters. The Balaban J connectivity index is 1.38. The highest BCUT2D eigenvalue weighted by Crippen LogP contribution is 2.32. The third kappa shape index (κ3) is 5.20. The van der Waals surface area contributed by atoms with Gasteiger partial charge in [0.2, 0.25) is 0 Å². The zero-order chi connectivity index (χ0) is 16.2. The number of carbonyl (C=O) groups excluding carboxylic acids is 1. The van der Waals surface area contributed by atoms with Crippen molar-refractivity contribution in [3.05, 3.63) is 34.9 Å². The minimum atomic E-state index is 0.220. The van der Waals surface area contributed by atoms with Crippen molar-refractivity contribution >= 4 is 17.5 Å². The summed E-state index contributed by atoms with van der Waals surface area (Å²) in [6.45, 7) is 8.17. The molecule has 2 aliphatic rings. The van der Waals surface area contributed by atoms with Crippen LogP contribution in [-0.4, -0.2) is 44.7 Å². The van der Waals surface area contributed by atoms with Crippen LogP contribution in [0.3, 0.4) is 0 Å². The lowest BCUT2D eigenvalue weighted by molar-refractivity contribution is -1.02. The van der Waals surface area contributed by atoms with E-state index in [2.05, 4.69) is 24.4 Å². The van der Waals surface area contributed by atoms with Crippen molar-refractivity contribution in [2.75, 3.05) is 32.7 Å². The number of hydrogen-bond acceptors (Lipinski definition) is 1. The van der Waals surface area contributed by atoms with Crippen molar-refractivity contribution in [3.63, 3.8) is 0 Å². The second-order valence-corrected chi connectivity index (χ2v) is 7.61. The predicted octanol–water partition coefficient (Wildman–Crippen LogP) is -0.462. The lowest BCUT2D eigenvalue weighted by atomic mass is 10.2. The van der Waals surface area contributed by atoms with Crippen molar-refractivity contribution in [2.45, 2.75) is 32.4 Å². The molecule has 3 rings (SSSR count). The van der Waals surface area contributed by atoms with Gasteiger partial charge in [0, 0.05) is 16.6 Å². The van der Waals surface area contributed by atoms with Gasteiger partial charge in [0.25, 0.3) is 5.91 Å². The summed E-state index contributed by atoms with van der Waals surface area (Å²) in [5.41, 5.74) is 1.30. The molecule has 23 heavy (non-hydrogen) atoms. The monoisotopic (exact) mass is 337 g/mol. The normalized spacial score (nSPS) is 25.8. The van der Waals surface area contributed by atoms with Gasteiger partial charge in [0.05, 0.1) is 0 Å². The number of hydrogen-bond donors (Lipinski definition) is 3. The van der Waals surface area contributed by atoms with Gasteiger partial charge in [-0.25, -0.2) is 0 Å². The minimum absolute atomic E-state index is 0.220. The molecule has 1 aromatic rings. The van der Waals surface area contributed by atoms with Crippen molar-refractivity contribution in [1.82, 2.24) is 5.32 Å². The Morgan fingerprint density at radius 2 is 1.96 bits per heavy atom. The molecule has 0 radical (unpaired) electrons. The molecule has 1 aliphatic heterocycles. The van der Waals surface area contributed by atoms with Gasteiger partial charge >= 0.3 is 0 Å². The molecule has 3 N–H and O–H groups in total. The SMILES string of the molecule is C[C@H](NC(=O)C[NH+]1CC[NH+](Cc2cccc(Cl)c2)CC1)C1CC1. The number of rotatable bonds is 6. The van der Waals surface area contributed by atoms with Gasteiger partial charge in [-0.05, 0) is 37.8 Å². The average molecular weight is 338 g/mol. The topological polar surface area (TPSA) is 38.0 Å². The van der Waals surface area contributed by atoms with E-state index in [0.29, 0.717) is 12.6 Å². The molecule has 1 amide bonds. The first-order valence-electron chi connectivity index (χ1n) is 8.81. The van der Waals surface area contributed by atoms with Gasteiger partial charge in [-0.1, -0.05) is 23.7 Å². The van der Waals surface area contributed by atoms with E-state index in [1.807, 2.05) is 12.1 Å². The van der Waals surface area contributed by atoms with E-state index in [0.717, 1.165) is 43.7 Å². The van der Waals surface area contributed by atoms with E-state index in [1.54, 1.807) is 4.90 Å². The molecule has 126 valence electrons. The molecule has 0 aromatic heterocycles. The van der Waals surface area contributed by atoms with Crippen molar-refractivity contribution < 1.29 is 14.6 Å². The zero-order valence-corrected chi connectivity index (χ0v) is 14.7. The summed E-state index contributed by atoms with van der Waals surface area (Å²) < 4.78 is 0. The molecule has 5 heteroatoms. The fourth-order valence-electron chi connectivity index (χ4n) is 3.49. The highest BCUT2D eigenvalue weighted by molar-refractivity contribution is 6.30. The van der Waals surface area contributed by atoms with E-state index in [1.165, 1.54) is 23.3 Å². The van der Waals surface area contributed by atoms with Crippen LogP contribution >= 0.6 is 11.6 Å². The van der Waals surface area contributed by atoms with Crippen LogP contribution in [0.1, 0.15) is 25.3 Å². The van der Waals surface area contributed by atoms with E-state index in [9.17, 15) is 4.79 Å². The number of benzene rings is 1. The second kappa shape index (κ2) is 7.65. The number of nitrogens with one attached hydrogen (secondary N) is 3. The average Bonchev–Trinajstić information content (AvgIpc) is 3.34.